The van der Waals surface area contributed by atoms with Crippen LogP contribution in [0.4, 0.5) is 0 Å². The largest absolute Gasteiger partial charge is 0.547 e. The van der Waals surface area contributed by atoms with Crippen LogP contribution < -0.4 is 4.74 Å². The number of benzene rings is 1. The smallest absolute Gasteiger partial charge is 0.394 e. The van der Waals surface area contributed by atoms with Crippen molar-refractivity contribution in [1.82, 2.24) is 0 Å². The molecule has 0 spiro atoms. The van der Waals surface area contributed by atoms with Crippen LogP contribution in [0.15, 0.2) is 36.1 Å². The van der Waals surface area contributed by atoms with Gasteiger partial charge in [0.25, 0.3) is 0 Å². The van der Waals surface area contributed by atoms with Gasteiger partial charge in [0.2, 0.25) is 8.32 Å². The normalized spacial score (nSPS) is 27.2. The van der Waals surface area contributed by atoms with Crippen molar-refractivity contribution in [2.45, 2.75) is 62.9 Å². The van der Waals surface area contributed by atoms with E-state index in [2.05, 4.69) is 33.9 Å². The van der Waals surface area contributed by atoms with Crippen molar-refractivity contribution in [3.05, 3.63) is 51.8 Å². The molecule has 1 aliphatic heterocycles. The van der Waals surface area contributed by atoms with E-state index in [1.165, 1.54) is 7.11 Å². The molecule has 0 saturated carbocycles. The molecule has 0 fully saturated rings. The number of hydrogen-bond acceptors (Lipinski definition) is 6. The van der Waals surface area contributed by atoms with Crippen LogP contribution in [0.5, 0.6) is 5.75 Å². The molecule has 1 aromatic carbocycles. The first-order valence-corrected chi connectivity index (χ1v) is 12.2. The molecule has 1 aromatic rings. The van der Waals surface area contributed by atoms with Gasteiger partial charge in [-0.3, -0.25) is 10.1 Å². The highest BCUT2D eigenvalue weighted by Gasteiger charge is 2.69. The van der Waals surface area contributed by atoms with Crippen molar-refractivity contribution in [3.63, 3.8) is 0 Å². The third-order valence-corrected chi connectivity index (χ3v) is 10.7. The second-order valence-electron chi connectivity index (χ2n) is 8.92. The van der Waals surface area contributed by atoms with Crippen molar-refractivity contribution in [1.29, 1.82) is 0 Å². The van der Waals surface area contributed by atoms with E-state index in [9.17, 15) is 14.9 Å². The molecule has 3 atom stereocenters. The average Bonchev–Trinajstić information content (AvgIpc) is 2.59. The minimum Gasteiger partial charge on any atom is -0.547 e. The van der Waals surface area contributed by atoms with Gasteiger partial charge in [0.15, 0.2) is 6.10 Å². The molecular formula is C20H27NO6Si. The maximum atomic E-state index is 12.9. The van der Waals surface area contributed by atoms with E-state index in [1.807, 2.05) is 0 Å². The minimum absolute atomic E-state index is 0.0303. The molecule has 0 amide bonds. The topological polar surface area (TPSA) is 87.9 Å². The predicted molar refractivity (Wildman–Crippen MR) is 106 cm³/mol. The average molecular weight is 406 g/mol. The van der Waals surface area contributed by atoms with Gasteiger partial charge in [-0.2, -0.15) is 0 Å². The second-order valence-corrected chi connectivity index (χ2v) is 13.6. The summed E-state index contributed by atoms with van der Waals surface area (Å²) >= 11 is 0. The molecule has 0 saturated heterocycles. The molecule has 0 bridgehead atoms. The van der Waals surface area contributed by atoms with E-state index in [1.54, 1.807) is 30.3 Å². The van der Waals surface area contributed by atoms with Crippen LogP contribution in [0, 0.1) is 10.1 Å². The quantitative estimate of drug-likeness (QED) is 0.247. The lowest BCUT2D eigenvalue weighted by molar-refractivity contribution is -0.571. The summed E-state index contributed by atoms with van der Waals surface area (Å²) in [6, 6.07) is 6.96. The van der Waals surface area contributed by atoms with Crippen LogP contribution in [-0.4, -0.2) is 38.0 Å². The summed E-state index contributed by atoms with van der Waals surface area (Å²) in [5, 5.41) is 12.2. The number of rotatable bonds is 4. The number of nitrogens with zero attached hydrogens (tertiary/aromatic N) is 1. The Kier molecular flexibility index (Phi) is 4.92. The van der Waals surface area contributed by atoms with Crippen molar-refractivity contribution < 1.29 is 23.6 Å². The SMILES string of the molecule is CO[C@H]1C=C(O[Si](C)(C)C(C)(C)C)C[C@H]2c3ccccc3OC(=O)[C@@]12[N+](=O)[O-]. The minimum atomic E-state index is -2.16. The molecule has 0 aromatic heterocycles. The van der Waals surface area contributed by atoms with E-state index in [0.717, 1.165) is 0 Å². The summed E-state index contributed by atoms with van der Waals surface area (Å²) < 4.78 is 17.3. The number of hydrogen-bond donors (Lipinski definition) is 0. The number of carbonyl (C=O) groups is 1. The Hall–Kier alpha value is -2.19. The Morgan fingerprint density at radius 1 is 1.29 bits per heavy atom. The highest BCUT2D eigenvalue weighted by Crippen LogP contribution is 2.51. The van der Waals surface area contributed by atoms with E-state index in [4.69, 9.17) is 13.9 Å². The predicted octanol–water partition coefficient (Wildman–Crippen LogP) is 4.03. The van der Waals surface area contributed by atoms with Crippen LogP contribution >= 0.6 is 0 Å². The van der Waals surface area contributed by atoms with Gasteiger partial charge in [0, 0.05) is 24.0 Å². The van der Waals surface area contributed by atoms with Crippen LogP contribution in [-0.2, 0) is 14.0 Å². The van der Waals surface area contributed by atoms with Gasteiger partial charge in [-0.25, -0.2) is 4.79 Å². The van der Waals surface area contributed by atoms with Crippen LogP contribution in [0.3, 0.4) is 0 Å². The van der Waals surface area contributed by atoms with Gasteiger partial charge in [0.1, 0.15) is 5.75 Å². The number of ether oxygens (including phenoxy) is 2. The molecule has 28 heavy (non-hydrogen) atoms. The van der Waals surface area contributed by atoms with Crippen molar-refractivity contribution in [3.8, 4) is 5.75 Å². The van der Waals surface area contributed by atoms with E-state index in [-0.39, 0.29) is 11.5 Å². The molecule has 152 valence electrons. The zero-order valence-corrected chi connectivity index (χ0v) is 18.1. The Bertz CT molecular complexity index is 843. The fraction of sp³-hybridized carbons (Fsp3) is 0.550. The third-order valence-electron chi connectivity index (χ3n) is 6.28. The molecule has 3 rings (SSSR count). The van der Waals surface area contributed by atoms with Crippen molar-refractivity contribution in [2.75, 3.05) is 7.11 Å². The Morgan fingerprint density at radius 2 is 1.93 bits per heavy atom. The highest BCUT2D eigenvalue weighted by molar-refractivity contribution is 6.74. The summed E-state index contributed by atoms with van der Waals surface area (Å²) in [7, 11) is -0.794. The fourth-order valence-corrected chi connectivity index (χ4v) is 4.79. The number of esters is 1. The molecule has 2 aliphatic rings. The maximum Gasteiger partial charge on any atom is 0.394 e. The number of carbonyl (C=O) groups excluding carboxylic acids is 1. The first-order valence-electron chi connectivity index (χ1n) is 9.33. The van der Waals surface area contributed by atoms with Crippen LogP contribution in [0.1, 0.15) is 38.7 Å². The number of nitro groups is 1. The van der Waals surface area contributed by atoms with Gasteiger partial charge in [0.05, 0.1) is 11.7 Å². The monoisotopic (exact) mass is 405 g/mol. The zero-order valence-electron chi connectivity index (χ0n) is 17.1. The molecule has 8 heteroatoms. The third kappa shape index (κ3) is 2.95. The maximum absolute atomic E-state index is 12.9. The molecule has 0 radical (unpaired) electrons. The molecule has 1 aliphatic carbocycles. The Labute approximate surface area is 165 Å². The molecule has 1 heterocycles. The van der Waals surface area contributed by atoms with Gasteiger partial charge in [-0.1, -0.05) is 39.0 Å². The first-order chi connectivity index (χ1) is 12.9. The summed E-state index contributed by atoms with van der Waals surface area (Å²) in [6.45, 7) is 10.6. The lowest BCUT2D eigenvalue weighted by Crippen LogP contribution is -2.64. The standard InChI is InChI=1S/C20H27NO6Si/c1-19(2,3)28(5,6)27-13-11-15-14-9-7-8-10-16(14)26-18(22)20(15,21(23)24)17(12-13)25-4/h7-10,12,15,17H,11H2,1-6H3/t15-,17-,20-/m0/s1. The summed E-state index contributed by atoms with van der Waals surface area (Å²) in [6.07, 6.45) is 0.760. The number of allylic oxidation sites excluding steroid dienone is 1. The van der Waals surface area contributed by atoms with E-state index < -0.39 is 36.8 Å². The highest BCUT2D eigenvalue weighted by atomic mass is 28.4. The van der Waals surface area contributed by atoms with E-state index in [0.29, 0.717) is 17.1 Å². The Morgan fingerprint density at radius 3 is 2.50 bits per heavy atom. The lowest BCUT2D eigenvalue weighted by atomic mass is 9.69. The molecular weight excluding hydrogens is 378 g/mol. The van der Waals surface area contributed by atoms with Gasteiger partial charge in [-0.15, -0.1) is 0 Å². The van der Waals surface area contributed by atoms with Crippen molar-refractivity contribution >= 4 is 14.3 Å². The number of methoxy groups -OCH3 is 1. The summed E-state index contributed by atoms with van der Waals surface area (Å²) in [5.41, 5.74) is -1.39. The Balaban J connectivity index is 2.14. The van der Waals surface area contributed by atoms with Gasteiger partial charge >= 0.3 is 11.5 Å². The van der Waals surface area contributed by atoms with Crippen LogP contribution in [0.2, 0.25) is 18.1 Å². The second kappa shape index (κ2) is 6.70. The van der Waals surface area contributed by atoms with Gasteiger partial charge in [-0.05, 0) is 30.3 Å². The van der Waals surface area contributed by atoms with Gasteiger partial charge < -0.3 is 13.9 Å². The first kappa shape index (κ1) is 20.5. The number of para-hydroxylation sites is 1. The molecule has 0 N–H and O–H groups in total. The van der Waals surface area contributed by atoms with E-state index >= 15 is 0 Å². The fourth-order valence-electron chi connectivity index (χ4n) is 3.68. The molecule has 0 unspecified atom stereocenters. The summed E-state index contributed by atoms with van der Waals surface area (Å²) in [5.74, 6) is -0.617. The van der Waals surface area contributed by atoms with Crippen molar-refractivity contribution in [2.24, 2.45) is 0 Å². The summed E-state index contributed by atoms with van der Waals surface area (Å²) in [4.78, 5) is 24.5. The number of fused-ring (bicyclic) bond motifs is 3. The lowest BCUT2D eigenvalue weighted by Gasteiger charge is -2.44. The molecule has 7 nitrogen and oxygen atoms in total. The van der Waals surface area contributed by atoms with Crippen LogP contribution in [0.25, 0.3) is 0 Å². The zero-order chi connectivity index (χ0) is 20.9.